The van der Waals surface area contributed by atoms with E-state index in [2.05, 4.69) is 4.99 Å². The van der Waals surface area contributed by atoms with E-state index in [0.717, 1.165) is 11.1 Å². The average molecular weight is 299 g/mol. The summed E-state index contributed by atoms with van der Waals surface area (Å²) < 4.78 is 0. The second-order valence-corrected chi connectivity index (χ2v) is 6.91. The summed E-state index contributed by atoms with van der Waals surface area (Å²) in [7, 11) is 0. The number of carbonyl (C=O) groups is 2. The Kier molecular flexibility index (Phi) is 2.31. The Morgan fingerprint density at radius 1 is 1.23 bits per heavy atom. The highest BCUT2D eigenvalue weighted by Gasteiger charge is 2.73. The maximum absolute atomic E-state index is 12.3. The van der Waals surface area contributed by atoms with Crippen LogP contribution in [0.4, 0.5) is 0 Å². The van der Waals surface area contributed by atoms with Gasteiger partial charge in [-0.1, -0.05) is 24.3 Å². The second-order valence-electron chi connectivity index (χ2n) is 6.91. The number of rotatable bonds is 2. The summed E-state index contributed by atoms with van der Waals surface area (Å²) in [5.41, 5.74) is 0.489. The van der Waals surface area contributed by atoms with Gasteiger partial charge in [0.1, 0.15) is 5.41 Å². The van der Waals surface area contributed by atoms with Crippen molar-refractivity contribution in [1.29, 1.82) is 0 Å². The average Bonchev–Trinajstić information content (AvgIpc) is 2.66. The molecule has 5 rings (SSSR count). The van der Waals surface area contributed by atoms with Crippen molar-refractivity contribution in [2.75, 3.05) is 0 Å². The number of hydrogen-bond acceptors (Lipinski definition) is 3. The van der Waals surface area contributed by atoms with Gasteiger partial charge in [0.25, 0.3) is 0 Å². The number of aliphatic carboxylic acids is 2. The molecule has 114 valence electrons. The zero-order valence-electron chi connectivity index (χ0n) is 12.4. The summed E-state index contributed by atoms with van der Waals surface area (Å²) >= 11 is 0. The first-order valence-electron chi connectivity index (χ1n) is 7.46. The van der Waals surface area contributed by atoms with Crippen molar-refractivity contribution in [1.82, 2.24) is 0 Å². The lowest BCUT2D eigenvalue weighted by atomic mass is 9.50. The topological polar surface area (TPSA) is 87.0 Å². The minimum Gasteiger partial charge on any atom is -0.481 e. The van der Waals surface area contributed by atoms with Gasteiger partial charge in [0, 0.05) is 17.5 Å². The van der Waals surface area contributed by atoms with Crippen LogP contribution in [0.5, 0.6) is 0 Å². The molecule has 1 fully saturated rings. The number of nitrogens with zero attached hydrogens (tertiary/aromatic N) is 1. The van der Waals surface area contributed by atoms with Crippen molar-refractivity contribution in [3.8, 4) is 0 Å². The maximum atomic E-state index is 12.3. The number of hydrogen-bond donors (Lipinski definition) is 2. The summed E-state index contributed by atoms with van der Waals surface area (Å²) in [6, 6.07) is 7.59. The van der Waals surface area contributed by atoms with Crippen molar-refractivity contribution >= 4 is 17.7 Å². The summed E-state index contributed by atoms with van der Waals surface area (Å²) in [4.78, 5) is 28.8. The third kappa shape index (κ3) is 1.20. The van der Waals surface area contributed by atoms with Gasteiger partial charge in [-0.05, 0) is 31.4 Å². The van der Waals surface area contributed by atoms with E-state index >= 15 is 0 Å². The maximum Gasteiger partial charge on any atom is 0.316 e. The molecule has 0 radical (unpaired) electrons. The van der Waals surface area contributed by atoms with Gasteiger partial charge in [0.15, 0.2) is 0 Å². The number of fused-ring (bicyclic) bond motifs is 1. The fraction of sp³-hybridized carbons (Fsp3) is 0.471. The lowest BCUT2D eigenvalue weighted by molar-refractivity contribution is -0.157. The predicted octanol–water partition coefficient (Wildman–Crippen LogP) is 2.28. The lowest BCUT2D eigenvalue weighted by Gasteiger charge is -2.55. The van der Waals surface area contributed by atoms with Gasteiger partial charge in [-0.25, -0.2) is 0 Å². The van der Waals surface area contributed by atoms with E-state index in [1.807, 2.05) is 31.2 Å². The normalized spacial score (nSPS) is 41.0. The molecule has 0 aromatic heterocycles. The van der Waals surface area contributed by atoms with Crippen LogP contribution in [-0.4, -0.2) is 33.4 Å². The monoisotopic (exact) mass is 299 g/mol. The highest BCUT2D eigenvalue weighted by molar-refractivity contribution is 6.10. The highest BCUT2D eigenvalue weighted by Crippen LogP contribution is 2.70. The Morgan fingerprint density at radius 2 is 1.86 bits per heavy atom. The van der Waals surface area contributed by atoms with E-state index < -0.39 is 34.7 Å². The van der Waals surface area contributed by atoms with Crippen molar-refractivity contribution in [2.24, 2.45) is 16.3 Å². The molecule has 2 N–H and O–H groups in total. The van der Waals surface area contributed by atoms with E-state index in [-0.39, 0.29) is 5.92 Å². The smallest absolute Gasteiger partial charge is 0.316 e. The molecule has 5 nitrogen and oxygen atoms in total. The summed E-state index contributed by atoms with van der Waals surface area (Å²) in [6.07, 6.45) is 0.473. The van der Waals surface area contributed by atoms with Crippen LogP contribution >= 0.6 is 0 Å². The summed E-state index contributed by atoms with van der Waals surface area (Å²) in [6.45, 7) is 3.60. The van der Waals surface area contributed by atoms with Crippen molar-refractivity contribution in [2.45, 2.75) is 37.6 Å². The van der Waals surface area contributed by atoms with E-state index in [4.69, 9.17) is 0 Å². The van der Waals surface area contributed by atoms with Gasteiger partial charge in [-0.2, -0.15) is 0 Å². The van der Waals surface area contributed by atoms with Gasteiger partial charge >= 0.3 is 11.9 Å². The number of benzene rings is 1. The Bertz CT molecular complexity index is 755. The zero-order chi connectivity index (χ0) is 15.9. The van der Waals surface area contributed by atoms with Crippen LogP contribution in [0.15, 0.2) is 29.3 Å². The van der Waals surface area contributed by atoms with Crippen LogP contribution in [0.25, 0.3) is 0 Å². The van der Waals surface area contributed by atoms with Gasteiger partial charge in [-0.15, -0.1) is 0 Å². The second kappa shape index (κ2) is 3.77. The molecule has 2 heterocycles. The van der Waals surface area contributed by atoms with Crippen LogP contribution in [0.3, 0.4) is 0 Å². The summed E-state index contributed by atoms with van der Waals surface area (Å²) in [5, 5.41) is 19.8. The molecule has 0 saturated heterocycles. The molecule has 1 saturated carbocycles. The molecule has 0 amide bonds. The first-order valence-corrected chi connectivity index (χ1v) is 7.46. The van der Waals surface area contributed by atoms with Gasteiger partial charge in [0.2, 0.25) is 0 Å². The molecule has 4 bridgehead atoms. The minimum absolute atomic E-state index is 0.190. The van der Waals surface area contributed by atoms with Gasteiger partial charge in [0.05, 0.1) is 11.5 Å². The molecule has 5 atom stereocenters. The quantitative estimate of drug-likeness (QED) is 0.877. The molecule has 1 aromatic carbocycles. The fourth-order valence-corrected chi connectivity index (χ4v) is 5.34. The SMILES string of the molecule is CC1=NC2(C)CC3c4ccccc4C(C2C(=O)O)C13C(=O)O. The molecular formula is C17H17NO4. The predicted molar refractivity (Wildman–Crippen MR) is 79.2 cm³/mol. The molecule has 2 aliphatic carbocycles. The van der Waals surface area contributed by atoms with Crippen LogP contribution in [0.2, 0.25) is 0 Å². The highest BCUT2D eigenvalue weighted by atomic mass is 16.4. The Hall–Kier alpha value is -2.17. The molecule has 22 heavy (non-hydrogen) atoms. The van der Waals surface area contributed by atoms with Crippen molar-refractivity contribution < 1.29 is 19.8 Å². The van der Waals surface area contributed by atoms with Crippen LogP contribution in [0, 0.1) is 11.3 Å². The standard InChI is InChI=1S/C17H17NO4/c1-8-17(15(21)22)11-7-16(2,18-8)13(14(19)20)12(17)10-6-4-3-5-9(10)11/h3-6,11-13H,7H2,1-2H3,(H,19,20)(H,21,22). The Morgan fingerprint density at radius 3 is 2.45 bits per heavy atom. The molecule has 4 aliphatic rings. The first-order chi connectivity index (χ1) is 10.3. The number of carboxylic acid groups (broad SMARTS) is 2. The largest absolute Gasteiger partial charge is 0.481 e. The number of carboxylic acids is 2. The minimum atomic E-state index is -1.20. The molecule has 0 spiro atoms. The van der Waals surface area contributed by atoms with Crippen molar-refractivity contribution in [3.63, 3.8) is 0 Å². The van der Waals surface area contributed by atoms with E-state index in [1.165, 1.54) is 0 Å². The third-order valence-corrected chi connectivity index (χ3v) is 6.01. The van der Waals surface area contributed by atoms with Crippen molar-refractivity contribution in [3.05, 3.63) is 35.4 Å². The Labute approximate surface area is 127 Å². The van der Waals surface area contributed by atoms with E-state index in [9.17, 15) is 19.8 Å². The van der Waals surface area contributed by atoms with E-state index in [1.54, 1.807) is 6.92 Å². The molecule has 1 aromatic rings. The third-order valence-electron chi connectivity index (χ3n) is 6.01. The first kappa shape index (κ1) is 13.5. The summed E-state index contributed by atoms with van der Waals surface area (Å²) in [5.74, 6) is -3.44. The lowest BCUT2D eigenvalue weighted by Crippen LogP contribution is -2.62. The molecular weight excluding hydrogens is 282 g/mol. The molecule has 2 aliphatic heterocycles. The Balaban J connectivity index is 2.11. The molecule has 5 heteroatoms. The van der Waals surface area contributed by atoms with E-state index in [0.29, 0.717) is 12.1 Å². The fourth-order valence-electron chi connectivity index (χ4n) is 5.34. The number of aliphatic imine (C=N–C) groups is 1. The van der Waals surface area contributed by atoms with Gasteiger partial charge in [-0.3, -0.25) is 14.6 Å². The van der Waals surface area contributed by atoms with Crippen LogP contribution < -0.4 is 0 Å². The van der Waals surface area contributed by atoms with Gasteiger partial charge < -0.3 is 10.2 Å². The van der Waals surface area contributed by atoms with Crippen LogP contribution in [0.1, 0.15) is 43.2 Å². The zero-order valence-corrected chi connectivity index (χ0v) is 12.4. The van der Waals surface area contributed by atoms with Crippen LogP contribution in [-0.2, 0) is 9.59 Å². The molecule has 5 unspecified atom stereocenters.